The molecule has 0 radical (unpaired) electrons. The summed E-state index contributed by atoms with van der Waals surface area (Å²) < 4.78 is 38.5. The van der Waals surface area contributed by atoms with Gasteiger partial charge in [-0.25, -0.2) is 4.98 Å². The van der Waals surface area contributed by atoms with E-state index in [2.05, 4.69) is 29.0 Å². The fourth-order valence-corrected chi connectivity index (χ4v) is 2.51. The van der Waals surface area contributed by atoms with Crippen molar-refractivity contribution in [2.45, 2.75) is 32.5 Å². The molecule has 1 fully saturated rings. The summed E-state index contributed by atoms with van der Waals surface area (Å²) in [5, 5.41) is 2.86. The smallest absolute Gasteiger partial charge is 0.369 e. The molecule has 1 aromatic rings. The van der Waals surface area contributed by atoms with Crippen LogP contribution in [0.2, 0.25) is 0 Å². The highest BCUT2D eigenvalue weighted by Gasteiger charge is 2.34. The summed E-state index contributed by atoms with van der Waals surface area (Å²) in [6, 6.07) is 2.86. The quantitative estimate of drug-likeness (QED) is 0.921. The molecule has 1 aliphatic rings. The molecule has 1 unspecified atom stereocenters. The van der Waals surface area contributed by atoms with Crippen molar-refractivity contribution in [2.75, 3.05) is 25.0 Å². The Morgan fingerprint density at radius 1 is 1.45 bits per heavy atom. The van der Waals surface area contributed by atoms with Crippen molar-refractivity contribution < 1.29 is 13.2 Å². The van der Waals surface area contributed by atoms with Crippen molar-refractivity contribution in [1.82, 2.24) is 9.88 Å². The van der Waals surface area contributed by atoms with Crippen LogP contribution in [0.25, 0.3) is 0 Å². The normalized spacial score (nSPS) is 20.6. The van der Waals surface area contributed by atoms with E-state index >= 15 is 0 Å². The number of aromatic nitrogens is 1. The Balaban J connectivity index is 1.95. The van der Waals surface area contributed by atoms with Crippen LogP contribution in [0.15, 0.2) is 18.3 Å². The fourth-order valence-electron chi connectivity index (χ4n) is 2.51. The molecule has 3 nitrogen and oxygen atoms in total. The second-order valence-corrected chi connectivity index (χ2v) is 5.52. The number of hydrogen-bond acceptors (Lipinski definition) is 3. The van der Waals surface area contributed by atoms with E-state index in [1.165, 1.54) is 12.3 Å². The van der Waals surface area contributed by atoms with Gasteiger partial charge < -0.3 is 10.2 Å². The van der Waals surface area contributed by atoms with Crippen LogP contribution in [0.3, 0.4) is 0 Å². The molecule has 0 aromatic carbocycles. The van der Waals surface area contributed by atoms with E-state index in [-0.39, 0.29) is 5.82 Å². The van der Waals surface area contributed by atoms with Gasteiger partial charge in [0.05, 0.1) is 5.56 Å². The minimum Gasteiger partial charge on any atom is -0.369 e. The topological polar surface area (TPSA) is 28.2 Å². The lowest BCUT2D eigenvalue weighted by molar-refractivity contribution is -0.137. The molecule has 1 aromatic heterocycles. The minimum atomic E-state index is -4.36. The van der Waals surface area contributed by atoms with Crippen molar-refractivity contribution >= 4 is 5.82 Å². The first-order valence-electron chi connectivity index (χ1n) is 6.88. The van der Waals surface area contributed by atoms with Gasteiger partial charge >= 0.3 is 6.18 Å². The molecular formula is C14H20F3N3. The van der Waals surface area contributed by atoms with Gasteiger partial charge in [-0.1, -0.05) is 0 Å². The van der Waals surface area contributed by atoms with Crippen molar-refractivity contribution in [3.63, 3.8) is 0 Å². The third-order valence-electron chi connectivity index (χ3n) is 3.72. The van der Waals surface area contributed by atoms with Gasteiger partial charge in [-0.15, -0.1) is 0 Å². The van der Waals surface area contributed by atoms with Gasteiger partial charge in [-0.2, -0.15) is 13.2 Å². The lowest BCUT2D eigenvalue weighted by Crippen LogP contribution is -2.29. The number of pyridine rings is 1. The van der Waals surface area contributed by atoms with Crippen LogP contribution in [0, 0.1) is 5.92 Å². The Morgan fingerprint density at radius 2 is 2.20 bits per heavy atom. The summed E-state index contributed by atoms with van der Waals surface area (Å²) >= 11 is 0. The molecule has 0 spiro atoms. The number of rotatable bonds is 4. The van der Waals surface area contributed by atoms with Crippen LogP contribution >= 0.6 is 0 Å². The number of alkyl halides is 3. The predicted octanol–water partition coefficient (Wildman–Crippen LogP) is 3.24. The number of anilines is 1. The van der Waals surface area contributed by atoms with E-state index in [0.29, 0.717) is 18.5 Å². The summed E-state index contributed by atoms with van der Waals surface area (Å²) in [6.45, 7) is 6.74. The second kappa shape index (κ2) is 5.99. The molecule has 2 rings (SSSR count). The Kier molecular flexibility index (Phi) is 4.52. The van der Waals surface area contributed by atoms with E-state index in [1.54, 1.807) is 0 Å². The van der Waals surface area contributed by atoms with Gasteiger partial charge in [-0.05, 0) is 44.9 Å². The van der Waals surface area contributed by atoms with E-state index in [4.69, 9.17) is 0 Å². The van der Waals surface area contributed by atoms with Crippen molar-refractivity contribution in [1.29, 1.82) is 0 Å². The third-order valence-corrected chi connectivity index (χ3v) is 3.72. The number of hydrogen-bond donors (Lipinski definition) is 1. The van der Waals surface area contributed by atoms with E-state index in [9.17, 15) is 13.2 Å². The number of nitrogens with zero attached hydrogens (tertiary/aromatic N) is 2. The summed E-state index contributed by atoms with van der Waals surface area (Å²) in [6.07, 6.45) is -1.97. The fraction of sp³-hybridized carbons (Fsp3) is 0.643. The highest BCUT2D eigenvalue weighted by atomic mass is 19.4. The molecule has 1 aliphatic heterocycles. The summed E-state index contributed by atoms with van der Waals surface area (Å²) in [5.74, 6) is 0.309. The zero-order valence-electron chi connectivity index (χ0n) is 11.7. The zero-order valence-corrected chi connectivity index (χ0v) is 11.7. The first-order valence-corrected chi connectivity index (χ1v) is 6.88. The highest BCUT2D eigenvalue weighted by Crippen LogP contribution is 2.33. The molecule has 1 atom stereocenters. The molecule has 0 aliphatic carbocycles. The second-order valence-electron chi connectivity index (χ2n) is 5.52. The van der Waals surface area contributed by atoms with Gasteiger partial charge in [0.15, 0.2) is 0 Å². The highest BCUT2D eigenvalue weighted by molar-refractivity contribution is 5.45. The Labute approximate surface area is 117 Å². The molecule has 2 heterocycles. The molecule has 0 amide bonds. The molecule has 1 saturated heterocycles. The Bertz CT molecular complexity index is 446. The summed E-state index contributed by atoms with van der Waals surface area (Å²) in [7, 11) is 0. The van der Waals surface area contributed by atoms with Crippen LogP contribution in [0.5, 0.6) is 0 Å². The third kappa shape index (κ3) is 3.62. The first kappa shape index (κ1) is 15.1. The molecule has 1 N–H and O–H groups in total. The molecule has 6 heteroatoms. The Hall–Kier alpha value is -1.30. The van der Waals surface area contributed by atoms with Gasteiger partial charge in [0.25, 0.3) is 0 Å². The van der Waals surface area contributed by atoms with Crippen LogP contribution in [-0.2, 0) is 6.18 Å². The molecule has 112 valence electrons. The molecule has 20 heavy (non-hydrogen) atoms. The van der Waals surface area contributed by atoms with Crippen molar-refractivity contribution in [2.24, 2.45) is 5.92 Å². The Morgan fingerprint density at radius 3 is 2.80 bits per heavy atom. The van der Waals surface area contributed by atoms with Gasteiger partial charge in [0, 0.05) is 25.3 Å². The van der Waals surface area contributed by atoms with Gasteiger partial charge in [0.2, 0.25) is 0 Å². The zero-order chi connectivity index (χ0) is 14.8. The van der Waals surface area contributed by atoms with Crippen LogP contribution in [0.1, 0.15) is 25.8 Å². The average molecular weight is 287 g/mol. The number of likely N-dealkylation sites (tertiary alicyclic amines) is 1. The van der Waals surface area contributed by atoms with Crippen LogP contribution < -0.4 is 5.32 Å². The first-order chi connectivity index (χ1) is 9.38. The number of nitrogens with one attached hydrogen (secondary N) is 1. The molecule has 0 bridgehead atoms. The van der Waals surface area contributed by atoms with Gasteiger partial charge in [-0.3, -0.25) is 0 Å². The summed E-state index contributed by atoms with van der Waals surface area (Å²) in [4.78, 5) is 6.16. The maximum absolute atomic E-state index is 12.8. The van der Waals surface area contributed by atoms with Crippen molar-refractivity contribution in [3.8, 4) is 0 Å². The largest absolute Gasteiger partial charge is 0.419 e. The summed E-state index contributed by atoms with van der Waals surface area (Å²) in [5.41, 5.74) is -0.696. The molecule has 0 saturated carbocycles. The predicted molar refractivity (Wildman–Crippen MR) is 72.5 cm³/mol. The molecular weight excluding hydrogens is 267 g/mol. The monoisotopic (exact) mass is 287 g/mol. The SMILES string of the molecule is CC(C)N1CCC(CNc2ncccc2C(F)(F)F)C1. The average Bonchev–Trinajstić information content (AvgIpc) is 2.84. The lowest BCUT2D eigenvalue weighted by Gasteiger charge is -2.20. The lowest BCUT2D eigenvalue weighted by atomic mass is 10.1. The maximum Gasteiger partial charge on any atom is 0.419 e. The maximum atomic E-state index is 12.8. The number of halogens is 3. The van der Waals surface area contributed by atoms with Crippen LogP contribution in [0.4, 0.5) is 19.0 Å². The van der Waals surface area contributed by atoms with Crippen LogP contribution in [-0.4, -0.2) is 35.6 Å². The van der Waals surface area contributed by atoms with E-state index in [0.717, 1.165) is 25.6 Å². The van der Waals surface area contributed by atoms with E-state index in [1.807, 2.05) is 0 Å². The van der Waals surface area contributed by atoms with E-state index < -0.39 is 11.7 Å². The minimum absolute atomic E-state index is 0.0667. The van der Waals surface area contributed by atoms with Crippen molar-refractivity contribution in [3.05, 3.63) is 23.9 Å². The standard InChI is InChI=1S/C14H20F3N3/c1-10(2)20-7-5-11(9-20)8-19-13-12(14(15,16)17)4-3-6-18-13/h3-4,6,10-11H,5,7-9H2,1-2H3,(H,18,19). The van der Waals surface area contributed by atoms with Gasteiger partial charge in [0.1, 0.15) is 5.82 Å².